The van der Waals surface area contributed by atoms with Crippen molar-refractivity contribution >= 4 is 23.4 Å². The Bertz CT molecular complexity index is 655. The number of anilines is 1. The third-order valence-electron chi connectivity index (χ3n) is 3.06. The molecule has 118 valence electrons. The van der Waals surface area contributed by atoms with Crippen molar-refractivity contribution in [3.63, 3.8) is 0 Å². The Morgan fingerprint density at radius 3 is 2.77 bits per heavy atom. The standard InChI is InChI=1S/C15H20N4O2S/c1-10(2)19-11(3)17-18-15(19)22-9-14(20)16-12-7-5-6-8-13(12)21-4/h5-8,10H,9H2,1-4H3,(H,16,20). The minimum atomic E-state index is -0.106. The van der Waals surface area contributed by atoms with Crippen molar-refractivity contribution in [3.8, 4) is 5.75 Å². The summed E-state index contributed by atoms with van der Waals surface area (Å²) < 4.78 is 7.23. The highest BCUT2D eigenvalue weighted by Crippen LogP contribution is 2.24. The van der Waals surface area contributed by atoms with Gasteiger partial charge >= 0.3 is 0 Å². The van der Waals surface area contributed by atoms with Gasteiger partial charge in [0.05, 0.1) is 18.6 Å². The number of carbonyl (C=O) groups excluding carboxylic acids is 1. The highest BCUT2D eigenvalue weighted by atomic mass is 32.2. The summed E-state index contributed by atoms with van der Waals surface area (Å²) in [6, 6.07) is 7.58. The topological polar surface area (TPSA) is 69.0 Å². The number of methoxy groups -OCH3 is 1. The van der Waals surface area contributed by atoms with Gasteiger partial charge in [0.15, 0.2) is 5.16 Å². The summed E-state index contributed by atoms with van der Waals surface area (Å²) in [5.74, 6) is 1.65. The van der Waals surface area contributed by atoms with E-state index in [1.54, 1.807) is 7.11 Å². The van der Waals surface area contributed by atoms with E-state index in [1.807, 2.05) is 35.8 Å². The predicted molar refractivity (Wildman–Crippen MR) is 87.5 cm³/mol. The molecule has 2 aromatic rings. The number of nitrogens with one attached hydrogen (secondary N) is 1. The number of nitrogens with zero attached hydrogens (tertiary/aromatic N) is 3. The predicted octanol–water partition coefficient (Wildman–Crippen LogP) is 2.91. The molecule has 0 spiro atoms. The van der Waals surface area contributed by atoms with Crippen LogP contribution in [0.5, 0.6) is 5.75 Å². The Hall–Kier alpha value is -2.02. The number of ether oxygens (including phenoxy) is 1. The second-order valence-corrected chi connectivity index (χ2v) is 5.97. The zero-order valence-electron chi connectivity index (χ0n) is 13.2. The summed E-state index contributed by atoms with van der Waals surface area (Å²) in [5.41, 5.74) is 0.664. The lowest BCUT2D eigenvalue weighted by molar-refractivity contribution is -0.113. The maximum absolute atomic E-state index is 12.1. The largest absolute Gasteiger partial charge is 0.495 e. The number of aryl methyl sites for hydroxylation is 1. The normalized spacial score (nSPS) is 10.8. The van der Waals surface area contributed by atoms with Crippen LogP contribution in [-0.4, -0.2) is 33.5 Å². The van der Waals surface area contributed by atoms with E-state index in [1.165, 1.54) is 11.8 Å². The first-order valence-corrected chi connectivity index (χ1v) is 7.98. The summed E-state index contributed by atoms with van der Waals surface area (Å²) in [6.45, 7) is 6.04. The highest BCUT2D eigenvalue weighted by Gasteiger charge is 2.14. The number of thioether (sulfide) groups is 1. The van der Waals surface area contributed by atoms with Crippen LogP contribution in [-0.2, 0) is 4.79 Å². The third-order valence-corrected chi connectivity index (χ3v) is 4.01. The molecule has 0 bridgehead atoms. The summed E-state index contributed by atoms with van der Waals surface area (Å²) in [6.07, 6.45) is 0. The fraction of sp³-hybridized carbons (Fsp3) is 0.400. The molecule has 0 saturated heterocycles. The molecule has 0 unspecified atom stereocenters. The van der Waals surface area contributed by atoms with Gasteiger partial charge in [0.1, 0.15) is 11.6 Å². The van der Waals surface area contributed by atoms with Crippen LogP contribution in [0.15, 0.2) is 29.4 Å². The third kappa shape index (κ3) is 3.79. The van der Waals surface area contributed by atoms with Crippen LogP contribution in [0.3, 0.4) is 0 Å². The van der Waals surface area contributed by atoms with Gasteiger partial charge in [-0.15, -0.1) is 10.2 Å². The molecule has 0 atom stereocenters. The van der Waals surface area contributed by atoms with E-state index in [2.05, 4.69) is 29.4 Å². The quantitative estimate of drug-likeness (QED) is 0.829. The van der Waals surface area contributed by atoms with E-state index >= 15 is 0 Å². The first-order chi connectivity index (χ1) is 10.5. The zero-order valence-corrected chi connectivity index (χ0v) is 14.0. The number of aromatic nitrogens is 3. The van der Waals surface area contributed by atoms with Gasteiger partial charge in [-0.05, 0) is 32.9 Å². The van der Waals surface area contributed by atoms with Gasteiger partial charge in [-0.25, -0.2) is 0 Å². The molecule has 1 N–H and O–H groups in total. The van der Waals surface area contributed by atoms with Crippen molar-refractivity contribution in [3.05, 3.63) is 30.1 Å². The first kappa shape index (κ1) is 16.4. The van der Waals surface area contributed by atoms with E-state index in [0.717, 1.165) is 11.0 Å². The van der Waals surface area contributed by atoms with E-state index in [9.17, 15) is 4.79 Å². The molecule has 0 aliphatic heterocycles. The average molecular weight is 320 g/mol. The van der Waals surface area contributed by atoms with Gasteiger partial charge in [0.25, 0.3) is 0 Å². The van der Waals surface area contributed by atoms with Gasteiger partial charge in [-0.1, -0.05) is 23.9 Å². The van der Waals surface area contributed by atoms with E-state index < -0.39 is 0 Å². The maximum atomic E-state index is 12.1. The van der Waals surface area contributed by atoms with Crippen LogP contribution < -0.4 is 10.1 Å². The van der Waals surface area contributed by atoms with Crippen molar-refractivity contribution in [1.29, 1.82) is 0 Å². The number of hydrogen-bond donors (Lipinski definition) is 1. The molecule has 2 rings (SSSR count). The van der Waals surface area contributed by atoms with Crippen LogP contribution >= 0.6 is 11.8 Å². The van der Waals surface area contributed by atoms with Crippen LogP contribution in [0.2, 0.25) is 0 Å². The zero-order chi connectivity index (χ0) is 16.1. The lowest BCUT2D eigenvalue weighted by Crippen LogP contribution is -2.15. The molecule has 0 saturated carbocycles. The molecule has 0 aliphatic carbocycles. The van der Waals surface area contributed by atoms with Crippen LogP contribution in [0.4, 0.5) is 5.69 Å². The molecule has 1 aromatic carbocycles. The smallest absolute Gasteiger partial charge is 0.234 e. The van der Waals surface area contributed by atoms with Crippen molar-refractivity contribution in [2.75, 3.05) is 18.2 Å². The fourth-order valence-corrected chi connectivity index (χ4v) is 3.02. The molecule has 0 aliphatic rings. The van der Waals surface area contributed by atoms with Gasteiger partial charge in [0, 0.05) is 6.04 Å². The van der Waals surface area contributed by atoms with Crippen molar-refractivity contribution in [1.82, 2.24) is 14.8 Å². The van der Waals surface area contributed by atoms with Crippen LogP contribution in [0, 0.1) is 6.92 Å². The lowest BCUT2D eigenvalue weighted by Gasteiger charge is -2.12. The Morgan fingerprint density at radius 2 is 2.09 bits per heavy atom. The van der Waals surface area contributed by atoms with Crippen molar-refractivity contribution < 1.29 is 9.53 Å². The highest BCUT2D eigenvalue weighted by molar-refractivity contribution is 7.99. The molecule has 0 radical (unpaired) electrons. The van der Waals surface area contributed by atoms with Gasteiger partial charge < -0.3 is 14.6 Å². The molecule has 1 heterocycles. The summed E-state index contributed by atoms with van der Waals surface area (Å²) >= 11 is 1.37. The lowest BCUT2D eigenvalue weighted by atomic mass is 10.3. The second kappa shape index (κ2) is 7.31. The molecule has 22 heavy (non-hydrogen) atoms. The number of rotatable bonds is 6. The first-order valence-electron chi connectivity index (χ1n) is 7.00. The SMILES string of the molecule is COc1ccccc1NC(=O)CSc1nnc(C)n1C(C)C. The Morgan fingerprint density at radius 1 is 1.36 bits per heavy atom. The second-order valence-electron chi connectivity index (χ2n) is 5.03. The van der Waals surface area contributed by atoms with Gasteiger partial charge in [-0.3, -0.25) is 4.79 Å². The number of para-hydroxylation sites is 2. The number of hydrogen-bond acceptors (Lipinski definition) is 5. The fourth-order valence-electron chi connectivity index (χ4n) is 2.11. The van der Waals surface area contributed by atoms with E-state index in [-0.39, 0.29) is 17.7 Å². The van der Waals surface area contributed by atoms with Crippen molar-refractivity contribution in [2.24, 2.45) is 0 Å². The molecule has 1 aromatic heterocycles. The maximum Gasteiger partial charge on any atom is 0.234 e. The summed E-state index contributed by atoms with van der Waals surface area (Å²) in [4.78, 5) is 12.1. The van der Waals surface area contributed by atoms with Crippen molar-refractivity contribution in [2.45, 2.75) is 32.0 Å². The minimum absolute atomic E-state index is 0.106. The summed E-state index contributed by atoms with van der Waals surface area (Å²) in [5, 5.41) is 11.8. The van der Waals surface area contributed by atoms with E-state index in [0.29, 0.717) is 11.4 Å². The molecular formula is C15H20N4O2S. The van der Waals surface area contributed by atoms with E-state index in [4.69, 9.17) is 4.74 Å². The molecule has 1 amide bonds. The molecule has 7 heteroatoms. The Labute approximate surface area is 134 Å². The number of amides is 1. The molecular weight excluding hydrogens is 300 g/mol. The molecule has 6 nitrogen and oxygen atoms in total. The Balaban J connectivity index is 1.99. The Kier molecular flexibility index (Phi) is 5.43. The number of benzene rings is 1. The average Bonchev–Trinajstić information content (AvgIpc) is 2.87. The van der Waals surface area contributed by atoms with Gasteiger partial charge in [0.2, 0.25) is 5.91 Å². The van der Waals surface area contributed by atoms with Gasteiger partial charge in [-0.2, -0.15) is 0 Å². The monoisotopic (exact) mass is 320 g/mol. The van der Waals surface area contributed by atoms with Crippen LogP contribution in [0.1, 0.15) is 25.7 Å². The van der Waals surface area contributed by atoms with Crippen LogP contribution in [0.25, 0.3) is 0 Å². The molecule has 0 fully saturated rings. The number of carbonyl (C=O) groups is 1. The minimum Gasteiger partial charge on any atom is -0.495 e. The summed E-state index contributed by atoms with van der Waals surface area (Å²) in [7, 11) is 1.58.